The molecule has 0 saturated carbocycles. The number of hydrogen-bond donors (Lipinski definition) is 2. The second-order valence-electron chi connectivity index (χ2n) is 5.93. The summed E-state index contributed by atoms with van der Waals surface area (Å²) in [6.07, 6.45) is 3.00. The molecule has 1 amide bonds. The first-order valence-electron chi connectivity index (χ1n) is 7.97. The zero-order chi connectivity index (χ0) is 19.0. The van der Waals surface area contributed by atoms with E-state index >= 15 is 0 Å². The average molecular weight is 361 g/mol. The van der Waals surface area contributed by atoms with Crippen LogP contribution in [0.25, 0.3) is 22.2 Å². The number of aromatic nitrogens is 3. The Balaban J connectivity index is 1.71. The van der Waals surface area contributed by atoms with Crippen molar-refractivity contribution in [3.8, 4) is 17.3 Å². The summed E-state index contributed by atoms with van der Waals surface area (Å²) in [6.45, 7) is 1.61. The van der Waals surface area contributed by atoms with E-state index < -0.39 is 11.7 Å². The number of aryl methyl sites for hydroxylation is 1. The van der Waals surface area contributed by atoms with E-state index in [1.807, 2.05) is 0 Å². The zero-order valence-electron chi connectivity index (χ0n) is 14.1. The minimum absolute atomic E-state index is 0.152. The van der Waals surface area contributed by atoms with E-state index in [1.54, 1.807) is 37.3 Å². The van der Waals surface area contributed by atoms with Crippen molar-refractivity contribution in [1.82, 2.24) is 15.4 Å². The Labute approximate surface area is 152 Å². The van der Waals surface area contributed by atoms with Gasteiger partial charge in [0.15, 0.2) is 5.82 Å². The number of hydrogen-bond acceptors (Lipinski definition) is 5. The largest absolute Gasteiger partial charge is 0.364 e. The van der Waals surface area contributed by atoms with E-state index in [-0.39, 0.29) is 11.1 Å². The molecule has 2 heterocycles. The second kappa shape index (κ2) is 6.38. The maximum absolute atomic E-state index is 14.4. The van der Waals surface area contributed by atoms with Crippen molar-refractivity contribution < 1.29 is 13.7 Å². The van der Waals surface area contributed by atoms with Crippen LogP contribution in [0.15, 0.2) is 47.3 Å². The minimum Gasteiger partial charge on any atom is -0.364 e. The molecule has 0 radical (unpaired) electrons. The van der Waals surface area contributed by atoms with Gasteiger partial charge in [-0.25, -0.2) is 4.39 Å². The first kappa shape index (κ1) is 16.5. The van der Waals surface area contributed by atoms with Crippen molar-refractivity contribution in [1.29, 1.82) is 5.26 Å². The van der Waals surface area contributed by atoms with Crippen LogP contribution in [-0.4, -0.2) is 21.3 Å². The van der Waals surface area contributed by atoms with Gasteiger partial charge in [-0.1, -0.05) is 11.2 Å². The van der Waals surface area contributed by atoms with Crippen molar-refractivity contribution in [2.75, 3.05) is 5.32 Å². The number of carbonyl (C=O) groups is 1. The Morgan fingerprint density at radius 3 is 2.93 bits per heavy atom. The van der Waals surface area contributed by atoms with E-state index in [4.69, 9.17) is 9.78 Å². The molecule has 0 spiro atoms. The monoisotopic (exact) mass is 361 g/mol. The van der Waals surface area contributed by atoms with Crippen LogP contribution in [0, 0.1) is 24.1 Å². The van der Waals surface area contributed by atoms with E-state index in [2.05, 4.69) is 20.7 Å². The van der Waals surface area contributed by atoms with Crippen LogP contribution in [0.4, 0.5) is 10.1 Å². The number of nitriles is 1. The highest BCUT2D eigenvalue weighted by molar-refractivity contribution is 6.07. The quantitative estimate of drug-likeness (QED) is 0.577. The summed E-state index contributed by atoms with van der Waals surface area (Å²) in [4.78, 5) is 12.6. The summed E-state index contributed by atoms with van der Waals surface area (Å²) in [7, 11) is 0. The van der Waals surface area contributed by atoms with E-state index in [1.165, 1.54) is 18.5 Å². The lowest BCUT2D eigenvalue weighted by Crippen LogP contribution is -2.16. The number of H-pyrrole nitrogens is 1. The predicted octanol–water partition coefficient (Wildman–Crippen LogP) is 3.79. The minimum atomic E-state index is -0.829. The van der Waals surface area contributed by atoms with Gasteiger partial charge in [-0.2, -0.15) is 10.4 Å². The van der Waals surface area contributed by atoms with E-state index in [0.717, 1.165) is 10.9 Å². The molecule has 27 heavy (non-hydrogen) atoms. The third kappa shape index (κ3) is 2.81. The average Bonchev–Trinajstić information content (AvgIpc) is 3.31. The maximum Gasteiger partial charge on any atom is 0.258 e. The fourth-order valence-corrected chi connectivity index (χ4v) is 2.86. The molecule has 4 rings (SSSR count). The molecule has 2 aromatic carbocycles. The number of amides is 1. The highest BCUT2D eigenvalue weighted by Crippen LogP contribution is 2.28. The fraction of sp³-hybridized carbons (Fsp3) is 0.0526. The number of benzene rings is 2. The van der Waals surface area contributed by atoms with Crippen molar-refractivity contribution >= 4 is 22.5 Å². The van der Waals surface area contributed by atoms with Crippen LogP contribution in [0.5, 0.6) is 0 Å². The molecule has 7 nitrogen and oxygen atoms in total. The van der Waals surface area contributed by atoms with Gasteiger partial charge in [0.1, 0.15) is 18.0 Å². The van der Waals surface area contributed by atoms with Gasteiger partial charge in [0.05, 0.1) is 28.4 Å². The second-order valence-corrected chi connectivity index (χ2v) is 5.93. The first-order valence-corrected chi connectivity index (χ1v) is 7.97. The Bertz CT molecular complexity index is 1210. The molecule has 0 saturated heterocycles. The lowest BCUT2D eigenvalue weighted by atomic mass is 10.0. The van der Waals surface area contributed by atoms with Crippen molar-refractivity contribution in [3.63, 3.8) is 0 Å². The van der Waals surface area contributed by atoms with Gasteiger partial charge in [0.2, 0.25) is 0 Å². The van der Waals surface area contributed by atoms with Crippen molar-refractivity contribution in [2.45, 2.75) is 6.92 Å². The molecule has 0 aliphatic heterocycles. The molecule has 2 N–H and O–H groups in total. The summed E-state index contributed by atoms with van der Waals surface area (Å²) in [5.41, 5.74) is 2.65. The predicted molar refractivity (Wildman–Crippen MR) is 95.4 cm³/mol. The van der Waals surface area contributed by atoms with Gasteiger partial charge >= 0.3 is 0 Å². The number of halogens is 1. The van der Waals surface area contributed by atoms with Crippen LogP contribution in [0.2, 0.25) is 0 Å². The summed E-state index contributed by atoms with van der Waals surface area (Å²) >= 11 is 0. The third-order valence-electron chi connectivity index (χ3n) is 4.22. The number of nitrogens with one attached hydrogen (secondary N) is 2. The van der Waals surface area contributed by atoms with Gasteiger partial charge in [-0.3, -0.25) is 9.89 Å². The standard InChI is InChI=1S/C19H12FN5O2/c1-10-2-3-11(7-21)17(20)16(10)19(26)23-13-4-5-15-14(6-13)18(25-24-15)12-8-22-27-9-12/h2-6,8-9H,1H3,(H,23,26)(H,24,25). The maximum atomic E-state index is 14.4. The van der Waals surface area contributed by atoms with E-state index in [0.29, 0.717) is 22.5 Å². The number of fused-ring (bicyclic) bond motifs is 1. The van der Waals surface area contributed by atoms with Crippen molar-refractivity contribution in [2.24, 2.45) is 0 Å². The van der Waals surface area contributed by atoms with Crippen molar-refractivity contribution in [3.05, 3.63) is 65.3 Å². The summed E-state index contributed by atoms with van der Waals surface area (Å²) in [6, 6.07) is 9.79. The number of rotatable bonds is 3. The fourth-order valence-electron chi connectivity index (χ4n) is 2.86. The normalized spacial score (nSPS) is 10.7. The highest BCUT2D eigenvalue weighted by Gasteiger charge is 2.19. The first-order chi connectivity index (χ1) is 13.1. The number of nitrogens with zero attached hydrogens (tertiary/aromatic N) is 3. The Kier molecular flexibility index (Phi) is 3.90. The molecule has 0 bridgehead atoms. The van der Waals surface area contributed by atoms with Gasteiger partial charge < -0.3 is 9.84 Å². The molecular weight excluding hydrogens is 349 g/mol. The van der Waals surface area contributed by atoms with Crippen LogP contribution in [0.1, 0.15) is 21.5 Å². The van der Waals surface area contributed by atoms with Crippen LogP contribution in [0.3, 0.4) is 0 Å². The molecule has 0 aliphatic carbocycles. The molecule has 0 atom stereocenters. The molecular formula is C19H12FN5O2. The molecule has 0 aliphatic rings. The van der Waals surface area contributed by atoms with Gasteiger partial charge in [0, 0.05) is 11.1 Å². The lowest BCUT2D eigenvalue weighted by molar-refractivity contribution is 0.102. The highest BCUT2D eigenvalue weighted by atomic mass is 19.1. The summed E-state index contributed by atoms with van der Waals surface area (Å²) in [5, 5.41) is 23.2. The van der Waals surface area contributed by atoms with Crippen LogP contribution < -0.4 is 5.32 Å². The molecule has 2 aromatic heterocycles. The topological polar surface area (TPSA) is 108 Å². The molecule has 132 valence electrons. The Morgan fingerprint density at radius 1 is 1.33 bits per heavy atom. The lowest BCUT2D eigenvalue weighted by Gasteiger charge is -2.10. The summed E-state index contributed by atoms with van der Waals surface area (Å²) in [5.74, 6) is -1.46. The zero-order valence-corrected chi connectivity index (χ0v) is 14.1. The Morgan fingerprint density at radius 2 is 2.19 bits per heavy atom. The SMILES string of the molecule is Cc1ccc(C#N)c(F)c1C(=O)Nc1ccc2[nH]nc(-c3cnoc3)c2c1. The molecule has 8 heteroatoms. The number of aromatic amines is 1. The number of carbonyl (C=O) groups excluding carboxylic acids is 1. The van der Waals surface area contributed by atoms with Gasteiger partial charge in [-0.05, 0) is 36.8 Å². The van der Waals surface area contributed by atoms with Crippen LogP contribution in [-0.2, 0) is 0 Å². The smallest absolute Gasteiger partial charge is 0.258 e. The number of anilines is 1. The molecule has 0 fully saturated rings. The third-order valence-corrected chi connectivity index (χ3v) is 4.22. The molecule has 4 aromatic rings. The van der Waals surface area contributed by atoms with Crippen LogP contribution >= 0.6 is 0 Å². The van der Waals surface area contributed by atoms with Gasteiger partial charge in [0.25, 0.3) is 5.91 Å². The van der Waals surface area contributed by atoms with Gasteiger partial charge in [-0.15, -0.1) is 0 Å². The Hall–Kier alpha value is -3.99. The molecule has 0 unspecified atom stereocenters. The van der Waals surface area contributed by atoms with E-state index in [9.17, 15) is 9.18 Å². The summed E-state index contributed by atoms with van der Waals surface area (Å²) < 4.78 is 19.3.